The second-order valence-corrected chi connectivity index (χ2v) is 8.27. The van der Waals surface area contributed by atoms with Crippen LogP contribution < -0.4 is 26.7 Å². The number of benzene rings is 2. The number of ether oxygens (including phenoxy) is 1. The molecule has 2 aromatic heterocycles. The highest BCUT2D eigenvalue weighted by molar-refractivity contribution is 6.30. The highest BCUT2D eigenvalue weighted by Gasteiger charge is 2.15. The molecule has 4 rings (SSSR count). The SMILES string of the molecule is CNC(=O)CCn1c(=O)nc(Nc2ccc(Oc3cccc(F)n3)cc2)n(Cc2ccc(Cl)cc2)c1=O. The van der Waals surface area contributed by atoms with Gasteiger partial charge in [-0.25, -0.2) is 14.2 Å². The Morgan fingerprint density at radius 2 is 1.73 bits per heavy atom. The third-order valence-electron chi connectivity index (χ3n) is 5.27. The number of anilines is 2. The van der Waals surface area contributed by atoms with Crippen LogP contribution in [0.5, 0.6) is 11.6 Å². The minimum atomic E-state index is -0.791. The normalized spacial score (nSPS) is 10.7. The van der Waals surface area contributed by atoms with Gasteiger partial charge in [-0.2, -0.15) is 14.4 Å². The molecule has 0 aliphatic heterocycles. The molecule has 0 atom stereocenters. The van der Waals surface area contributed by atoms with Crippen molar-refractivity contribution in [3.8, 4) is 11.6 Å². The predicted octanol–water partition coefficient (Wildman–Crippen LogP) is 3.31. The van der Waals surface area contributed by atoms with Crippen LogP contribution in [0.2, 0.25) is 5.02 Å². The molecule has 0 saturated heterocycles. The molecule has 0 saturated carbocycles. The molecule has 0 fully saturated rings. The number of amides is 1. The summed E-state index contributed by atoms with van der Waals surface area (Å²) in [5.41, 5.74) is -0.155. The average molecular weight is 525 g/mol. The molecule has 2 aromatic carbocycles. The summed E-state index contributed by atoms with van der Waals surface area (Å²) < 4.78 is 21.1. The van der Waals surface area contributed by atoms with E-state index in [4.69, 9.17) is 16.3 Å². The van der Waals surface area contributed by atoms with Crippen molar-refractivity contribution in [2.45, 2.75) is 19.5 Å². The Hall–Kier alpha value is -4.51. The van der Waals surface area contributed by atoms with Crippen molar-refractivity contribution in [1.82, 2.24) is 24.4 Å². The van der Waals surface area contributed by atoms with Gasteiger partial charge in [0.2, 0.25) is 23.7 Å². The summed E-state index contributed by atoms with van der Waals surface area (Å²) in [5, 5.41) is 5.99. The molecule has 0 bridgehead atoms. The maximum Gasteiger partial charge on any atom is 0.354 e. The Bertz CT molecular complexity index is 1520. The maximum atomic E-state index is 13.3. The van der Waals surface area contributed by atoms with Crippen LogP contribution in [0, 0.1) is 5.95 Å². The van der Waals surface area contributed by atoms with E-state index in [1.54, 1.807) is 48.5 Å². The lowest BCUT2D eigenvalue weighted by Gasteiger charge is -2.16. The van der Waals surface area contributed by atoms with Crippen molar-refractivity contribution < 1.29 is 13.9 Å². The highest BCUT2D eigenvalue weighted by Crippen LogP contribution is 2.23. The Kier molecular flexibility index (Phi) is 7.94. The van der Waals surface area contributed by atoms with E-state index in [1.807, 2.05) is 0 Å². The first kappa shape index (κ1) is 25.6. The van der Waals surface area contributed by atoms with Crippen molar-refractivity contribution in [2.75, 3.05) is 12.4 Å². The first-order valence-electron chi connectivity index (χ1n) is 11.2. The number of carbonyl (C=O) groups is 1. The van der Waals surface area contributed by atoms with Gasteiger partial charge in [0, 0.05) is 36.8 Å². The molecule has 1 amide bonds. The van der Waals surface area contributed by atoms with E-state index in [2.05, 4.69) is 20.6 Å². The van der Waals surface area contributed by atoms with Gasteiger partial charge in [-0.05, 0) is 48.0 Å². The number of hydrogen-bond donors (Lipinski definition) is 2. The number of hydrogen-bond acceptors (Lipinski definition) is 7. The number of rotatable bonds is 9. The molecule has 4 aromatic rings. The zero-order valence-corrected chi connectivity index (χ0v) is 20.4. The van der Waals surface area contributed by atoms with Gasteiger partial charge in [-0.1, -0.05) is 29.8 Å². The van der Waals surface area contributed by atoms with Gasteiger partial charge in [-0.15, -0.1) is 0 Å². The molecule has 37 heavy (non-hydrogen) atoms. The largest absolute Gasteiger partial charge is 0.439 e. The second-order valence-electron chi connectivity index (χ2n) is 7.84. The minimum Gasteiger partial charge on any atom is -0.439 e. The van der Waals surface area contributed by atoms with E-state index < -0.39 is 17.3 Å². The molecule has 0 unspecified atom stereocenters. The third-order valence-corrected chi connectivity index (χ3v) is 5.52. The molecule has 2 N–H and O–H groups in total. The molecule has 0 spiro atoms. The molecule has 190 valence electrons. The first-order chi connectivity index (χ1) is 17.8. The van der Waals surface area contributed by atoms with Crippen molar-refractivity contribution in [3.05, 3.63) is 104 Å². The average Bonchev–Trinajstić information content (AvgIpc) is 2.88. The first-order valence-corrected chi connectivity index (χ1v) is 11.5. The summed E-state index contributed by atoms with van der Waals surface area (Å²) >= 11 is 5.98. The van der Waals surface area contributed by atoms with E-state index in [0.717, 1.165) is 10.1 Å². The topological polar surface area (TPSA) is 120 Å². The lowest BCUT2D eigenvalue weighted by atomic mass is 10.2. The summed E-state index contributed by atoms with van der Waals surface area (Å²) in [6.45, 7) is -0.0244. The van der Waals surface area contributed by atoms with Crippen LogP contribution in [0.1, 0.15) is 12.0 Å². The van der Waals surface area contributed by atoms with Crippen molar-refractivity contribution >= 4 is 29.1 Å². The van der Waals surface area contributed by atoms with Gasteiger partial charge in [-0.3, -0.25) is 9.36 Å². The van der Waals surface area contributed by atoms with Gasteiger partial charge >= 0.3 is 11.4 Å². The number of pyridine rings is 1. The minimum absolute atomic E-state index is 0.0154. The van der Waals surface area contributed by atoms with Crippen LogP contribution in [-0.2, 0) is 17.9 Å². The Labute approximate surface area is 215 Å². The summed E-state index contributed by atoms with van der Waals surface area (Å²) in [7, 11) is 1.47. The number of carbonyl (C=O) groups excluding carboxylic acids is 1. The fourth-order valence-corrected chi connectivity index (χ4v) is 3.50. The predicted molar refractivity (Wildman–Crippen MR) is 136 cm³/mol. The van der Waals surface area contributed by atoms with E-state index in [1.165, 1.54) is 29.8 Å². The standard InChI is InChI=1S/C25H22ClFN6O4/c1-28-21(34)13-14-32-24(35)31-23(33(25(32)36)15-16-5-7-17(26)8-6-16)29-18-9-11-19(12-10-18)37-22-4-2-3-20(27)30-22/h2-12H,13-15H2,1H3,(H,28,34)(H,29,31,35). The molecule has 10 nitrogen and oxygen atoms in total. The zero-order chi connectivity index (χ0) is 26.4. The van der Waals surface area contributed by atoms with Crippen molar-refractivity contribution in [3.63, 3.8) is 0 Å². The van der Waals surface area contributed by atoms with Crippen LogP contribution in [0.15, 0.2) is 76.3 Å². The van der Waals surface area contributed by atoms with Crippen LogP contribution in [0.4, 0.5) is 16.0 Å². The third kappa shape index (κ3) is 6.58. The number of nitrogens with zero attached hydrogens (tertiary/aromatic N) is 4. The Morgan fingerprint density at radius 3 is 2.41 bits per heavy atom. The van der Waals surface area contributed by atoms with Gasteiger partial charge in [0.25, 0.3) is 0 Å². The lowest BCUT2D eigenvalue weighted by molar-refractivity contribution is -0.120. The number of aromatic nitrogens is 4. The molecular weight excluding hydrogens is 503 g/mol. The molecular formula is C25H22ClFN6O4. The lowest BCUT2D eigenvalue weighted by Crippen LogP contribution is -2.43. The van der Waals surface area contributed by atoms with E-state index in [0.29, 0.717) is 16.5 Å². The number of nitrogens with one attached hydrogen (secondary N) is 2. The van der Waals surface area contributed by atoms with Gasteiger partial charge in [0.15, 0.2) is 0 Å². The second kappa shape index (κ2) is 11.5. The quantitative estimate of drug-likeness (QED) is 0.322. The van der Waals surface area contributed by atoms with Crippen molar-refractivity contribution in [2.24, 2.45) is 0 Å². The fourth-order valence-electron chi connectivity index (χ4n) is 3.37. The monoisotopic (exact) mass is 524 g/mol. The van der Waals surface area contributed by atoms with E-state index >= 15 is 0 Å². The van der Waals surface area contributed by atoms with Gasteiger partial charge in [0.05, 0.1) is 6.54 Å². The van der Waals surface area contributed by atoms with Crippen LogP contribution >= 0.6 is 11.6 Å². The van der Waals surface area contributed by atoms with Crippen molar-refractivity contribution in [1.29, 1.82) is 0 Å². The molecule has 12 heteroatoms. The molecule has 0 radical (unpaired) electrons. The van der Waals surface area contributed by atoms with Crippen LogP contribution in [0.25, 0.3) is 0 Å². The van der Waals surface area contributed by atoms with Crippen LogP contribution in [0.3, 0.4) is 0 Å². The maximum absolute atomic E-state index is 13.3. The summed E-state index contributed by atoms with van der Waals surface area (Å²) in [6.07, 6.45) is -0.0529. The Balaban J connectivity index is 1.63. The van der Waals surface area contributed by atoms with Gasteiger partial charge in [0.1, 0.15) is 5.75 Å². The van der Waals surface area contributed by atoms with E-state index in [-0.39, 0.29) is 37.2 Å². The molecule has 0 aliphatic carbocycles. The molecule has 0 aliphatic rings. The Morgan fingerprint density at radius 1 is 1.00 bits per heavy atom. The van der Waals surface area contributed by atoms with Gasteiger partial charge < -0.3 is 15.4 Å². The summed E-state index contributed by atoms with van der Waals surface area (Å²) in [6, 6.07) is 17.6. The molecule has 2 heterocycles. The summed E-state index contributed by atoms with van der Waals surface area (Å²) in [5.74, 6) is -0.458. The van der Waals surface area contributed by atoms with Crippen LogP contribution in [-0.4, -0.2) is 32.1 Å². The fraction of sp³-hybridized carbons (Fsp3) is 0.160. The van der Waals surface area contributed by atoms with E-state index in [9.17, 15) is 18.8 Å². The number of halogens is 2. The highest BCUT2D eigenvalue weighted by atomic mass is 35.5. The summed E-state index contributed by atoms with van der Waals surface area (Å²) in [4.78, 5) is 45.4. The smallest absolute Gasteiger partial charge is 0.354 e. The zero-order valence-electron chi connectivity index (χ0n) is 19.6.